The Hall–Kier alpha value is -4.42. The fourth-order valence-electron chi connectivity index (χ4n) is 5.94. The molecule has 0 bridgehead atoms. The molecule has 0 saturated carbocycles. The molecule has 0 atom stereocenters. The third kappa shape index (κ3) is 5.19. The largest absolute Gasteiger partial charge is 0.312 e. The zero-order valence-electron chi connectivity index (χ0n) is 22.9. The van der Waals surface area contributed by atoms with Crippen LogP contribution >= 0.6 is 11.3 Å². The van der Waals surface area contributed by atoms with Gasteiger partial charge in [-0.2, -0.15) is 5.26 Å². The Labute approximate surface area is 246 Å². The van der Waals surface area contributed by atoms with Crippen LogP contribution < -0.4 is 9.80 Å². The first-order valence-corrected chi connectivity index (χ1v) is 14.9. The van der Waals surface area contributed by atoms with Crippen LogP contribution in [0.1, 0.15) is 41.8 Å². The third-order valence-electron chi connectivity index (χ3n) is 8.06. The average Bonchev–Trinajstić information content (AvgIpc) is 3.52. The molecule has 2 aliphatic heterocycles. The van der Waals surface area contributed by atoms with Crippen LogP contribution in [0.3, 0.4) is 0 Å². The predicted octanol–water partition coefficient (Wildman–Crippen LogP) is 6.59. The number of hydrogen-bond donors (Lipinski definition) is 0. The molecule has 212 valence electrons. The monoisotopic (exact) mass is 582 g/mol. The Morgan fingerprint density at radius 2 is 1.45 bits per heavy atom. The van der Waals surface area contributed by atoms with E-state index in [2.05, 4.69) is 11.1 Å². The normalized spacial score (nSPS) is 14.6. The molecule has 2 amide bonds. The number of para-hydroxylation sites is 2. The van der Waals surface area contributed by atoms with E-state index in [9.17, 15) is 23.6 Å². The number of rotatable bonds is 6. The van der Waals surface area contributed by atoms with Crippen molar-refractivity contribution in [1.29, 1.82) is 5.26 Å². The molecular weight excluding hydrogens is 554 g/mol. The van der Waals surface area contributed by atoms with E-state index in [0.29, 0.717) is 13.1 Å². The first kappa shape index (κ1) is 27.7. The second kappa shape index (κ2) is 11.5. The molecule has 6 rings (SSSR count). The minimum atomic E-state index is -1.61. The predicted molar refractivity (Wildman–Crippen MR) is 158 cm³/mol. The summed E-state index contributed by atoms with van der Waals surface area (Å²) in [7, 11) is 0. The van der Waals surface area contributed by atoms with E-state index in [-0.39, 0.29) is 40.9 Å². The number of halogens is 2. The van der Waals surface area contributed by atoms with Gasteiger partial charge in [0.1, 0.15) is 22.1 Å². The maximum Gasteiger partial charge on any atom is 0.229 e. The highest BCUT2D eigenvalue weighted by Crippen LogP contribution is 2.40. The van der Waals surface area contributed by atoms with Crippen LogP contribution in [0, 0.1) is 23.0 Å². The summed E-state index contributed by atoms with van der Waals surface area (Å²) in [4.78, 5) is 35.8. The number of hydrogen-bond acceptors (Lipinski definition) is 5. The van der Waals surface area contributed by atoms with Gasteiger partial charge in [-0.15, -0.1) is 11.3 Å². The van der Waals surface area contributed by atoms with Crippen LogP contribution in [0.4, 0.5) is 20.2 Å². The minimum Gasteiger partial charge on any atom is -0.312 e. The molecule has 0 fully saturated rings. The van der Waals surface area contributed by atoms with Gasteiger partial charge >= 0.3 is 0 Å². The number of benzene rings is 3. The maximum atomic E-state index is 14.6. The van der Waals surface area contributed by atoms with E-state index in [1.165, 1.54) is 0 Å². The van der Waals surface area contributed by atoms with Crippen molar-refractivity contribution in [3.63, 3.8) is 0 Å². The van der Waals surface area contributed by atoms with Crippen molar-refractivity contribution >= 4 is 34.5 Å². The average molecular weight is 583 g/mol. The number of amides is 2. The maximum absolute atomic E-state index is 14.6. The summed E-state index contributed by atoms with van der Waals surface area (Å²) in [6, 6.07) is 20.8. The van der Waals surface area contributed by atoms with Crippen molar-refractivity contribution in [2.24, 2.45) is 0 Å². The molecule has 3 heterocycles. The summed E-state index contributed by atoms with van der Waals surface area (Å²) in [6.45, 7) is 1.00. The summed E-state index contributed by atoms with van der Waals surface area (Å²) in [5.41, 5.74) is 2.21. The number of carbonyl (C=O) groups is 2. The van der Waals surface area contributed by atoms with Gasteiger partial charge in [-0.05, 0) is 67.1 Å². The highest BCUT2D eigenvalue weighted by Gasteiger charge is 2.43. The van der Waals surface area contributed by atoms with Crippen molar-refractivity contribution in [2.75, 3.05) is 22.9 Å². The molecule has 4 aromatic rings. The molecule has 42 heavy (non-hydrogen) atoms. The van der Waals surface area contributed by atoms with Gasteiger partial charge in [-0.25, -0.2) is 13.8 Å². The molecule has 0 unspecified atom stereocenters. The minimum absolute atomic E-state index is 0.0445. The number of nitrogens with zero attached hydrogens (tertiary/aromatic N) is 4. The molecular formula is C33H28F2N4O2S. The fourth-order valence-corrected chi connectivity index (χ4v) is 6.91. The summed E-state index contributed by atoms with van der Waals surface area (Å²) < 4.78 is 28.6. The van der Waals surface area contributed by atoms with Crippen LogP contribution in [0.2, 0.25) is 0 Å². The van der Waals surface area contributed by atoms with E-state index in [1.54, 1.807) is 15.2 Å². The second-order valence-corrected chi connectivity index (χ2v) is 11.6. The van der Waals surface area contributed by atoms with Crippen molar-refractivity contribution in [1.82, 2.24) is 4.98 Å². The van der Waals surface area contributed by atoms with E-state index in [0.717, 1.165) is 77.7 Å². The highest BCUT2D eigenvalue weighted by atomic mass is 32.1. The lowest BCUT2D eigenvalue weighted by molar-refractivity contribution is -0.121. The lowest BCUT2D eigenvalue weighted by atomic mass is 9.81. The van der Waals surface area contributed by atoms with Gasteiger partial charge in [0.15, 0.2) is 0 Å². The van der Waals surface area contributed by atoms with Crippen molar-refractivity contribution in [2.45, 2.75) is 43.9 Å². The molecule has 1 aromatic heterocycles. The number of carbonyl (C=O) groups excluding carboxylic acids is 2. The summed E-state index contributed by atoms with van der Waals surface area (Å²) in [5, 5.41) is 12.5. The first-order chi connectivity index (χ1) is 20.4. The Morgan fingerprint density at radius 3 is 2.02 bits per heavy atom. The van der Waals surface area contributed by atoms with Gasteiger partial charge in [-0.1, -0.05) is 36.4 Å². The Kier molecular flexibility index (Phi) is 7.56. The van der Waals surface area contributed by atoms with Gasteiger partial charge in [0.05, 0.1) is 24.6 Å². The number of aromatic nitrogens is 1. The van der Waals surface area contributed by atoms with E-state index in [4.69, 9.17) is 0 Å². The van der Waals surface area contributed by atoms with Crippen LogP contribution in [-0.4, -0.2) is 29.9 Å². The van der Waals surface area contributed by atoms with Crippen molar-refractivity contribution in [3.8, 4) is 17.3 Å². The van der Waals surface area contributed by atoms with Crippen molar-refractivity contribution < 1.29 is 18.4 Å². The second-order valence-electron chi connectivity index (χ2n) is 10.8. The van der Waals surface area contributed by atoms with Gasteiger partial charge in [0.2, 0.25) is 11.8 Å². The summed E-state index contributed by atoms with van der Waals surface area (Å²) in [6.07, 6.45) is 2.71. The molecule has 6 nitrogen and oxygen atoms in total. The topological polar surface area (TPSA) is 77.3 Å². The molecule has 0 N–H and O–H groups in total. The van der Waals surface area contributed by atoms with Crippen LogP contribution in [0.15, 0.2) is 72.1 Å². The zero-order chi connectivity index (χ0) is 29.3. The van der Waals surface area contributed by atoms with Crippen LogP contribution in [0.25, 0.3) is 11.3 Å². The standard InChI is InChI=1S/C33H28F2N4O2S/c34-24-13-14-26(35)25(17-24)27-20-42-32(37-27)33(21-36,18-30(40)38-15-5-9-22-7-1-3-11-28(22)38)19-31(41)39-16-6-10-23-8-2-4-12-29(23)39/h1-4,7-8,11-14,17,20H,5-6,9-10,15-16,18-19H2. The van der Waals surface area contributed by atoms with E-state index >= 15 is 0 Å². The number of nitriles is 1. The number of thiazole rings is 1. The molecule has 0 saturated heterocycles. The van der Waals surface area contributed by atoms with Crippen LogP contribution in [0.5, 0.6) is 0 Å². The van der Waals surface area contributed by atoms with Crippen molar-refractivity contribution in [3.05, 3.63) is 99.9 Å². The van der Waals surface area contributed by atoms with E-state index in [1.807, 2.05) is 48.5 Å². The molecule has 0 radical (unpaired) electrons. The quantitative estimate of drug-likeness (QED) is 0.257. The third-order valence-corrected chi connectivity index (χ3v) is 9.11. The summed E-state index contributed by atoms with van der Waals surface area (Å²) >= 11 is 1.07. The smallest absolute Gasteiger partial charge is 0.229 e. The first-order valence-electron chi connectivity index (χ1n) is 14.0. The number of anilines is 2. The Bertz CT molecular complexity index is 1640. The lowest BCUT2D eigenvalue weighted by Crippen LogP contribution is -2.44. The van der Waals surface area contributed by atoms with Gasteiger partial charge in [-0.3, -0.25) is 9.59 Å². The SMILES string of the molecule is N#CC(CC(=O)N1CCCc2ccccc21)(CC(=O)N1CCCc2ccccc21)c1nc(-c2cc(F)ccc2F)cs1. The fraction of sp³-hybridized carbons (Fsp3) is 0.273. The lowest BCUT2D eigenvalue weighted by Gasteiger charge is -2.34. The number of aryl methyl sites for hydroxylation is 2. The molecule has 3 aromatic carbocycles. The molecule has 0 aliphatic carbocycles. The van der Waals surface area contributed by atoms with Gasteiger partial charge in [0, 0.05) is 35.4 Å². The Balaban J connectivity index is 1.39. The zero-order valence-corrected chi connectivity index (χ0v) is 23.7. The van der Waals surface area contributed by atoms with E-state index < -0.39 is 17.0 Å². The summed E-state index contributed by atoms with van der Waals surface area (Å²) in [5.74, 6) is -1.85. The molecule has 9 heteroatoms. The van der Waals surface area contributed by atoms with Gasteiger partial charge in [0.25, 0.3) is 0 Å². The molecule has 0 spiro atoms. The van der Waals surface area contributed by atoms with Crippen LogP contribution in [-0.2, 0) is 27.8 Å². The highest BCUT2D eigenvalue weighted by molar-refractivity contribution is 7.10. The Morgan fingerprint density at radius 1 is 0.881 bits per heavy atom. The number of fused-ring (bicyclic) bond motifs is 2. The molecule has 2 aliphatic rings. The van der Waals surface area contributed by atoms with Gasteiger partial charge < -0.3 is 9.80 Å².